The van der Waals surface area contributed by atoms with Crippen LogP contribution in [-0.4, -0.2) is 51.9 Å². The summed E-state index contributed by atoms with van der Waals surface area (Å²) in [6.45, 7) is 1.87. The van der Waals surface area contributed by atoms with Gasteiger partial charge in [-0.3, -0.25) is 4.79 Å². The Morgan fingerprint density at radius 2 is 2.25 bits per heavy atom. The van der Waals surface area contributed by atoms with E-state index in [4.69, 9.17) is 4.74 Å². The van der Waals surface area contributed by atoms with Crippen LogP contribution < -0.4 is 10.6 Å². The molecule has 2 N–H and O–H groups in total. The number of anilines is 1. The molecule has 1 aliphatic rings. The Kier molecular flexibility index (Phi) is 3.66. The summed E-state index contributed by atoms with van der Waals surface area (Å²) in [5.41, 5.74) is 1.53. The topological polar surface area (TPSA) is 94.0 Å². The molecule has 1 unspecified atom stereocenters. The third-order valence-electron chi connectivity index (χ3n) is 2.97. The Balaban J connectivity index is 1.64. The van der Waals surface area contributed by atoms with Crippen LogP contribution in [0.5, 0.6) is 0 Å². The van der Waals surface area contributed by atoms with Crippen molar-refractivity contribution in [2.75, 3.05) is 25.0 Å². The fraction of sp³-hybridized carbons (Fsp3) is 0.333. The van der Waals surface area contributed by atoms with Crippen LogP contribution in [0, 0.1) is 0 Å². The largest absolute Gasteiger partial charge is 0.366 e. The number of rotatable bonds is 3. The lowest BCUT2D eigenvalue weighted by molar-refractivity contribution is -0.128. The van der Waals surface area contributed by atoms with Crippen LogP contribution >= 0.6 is 0 Å². The van der Waals surface area contributed by atoms with Gasteiger partial charge < -0.3 is 15.4 Å². The summed E-state index contributed by atoms with van der Waals surface area (Å²) in [6, 6.07) is 7.24. The van der Waals surface area contributed by atoms with Crippen LogP contribution in [0.1, 0.15) is 0 Å². The minimum absolute atomic E-state index is 0.146. The first-order chi connectivity index (χ1) is 9.83. The molecule has 20 heavy (non-hydrogen) atoms. The van der Waals surface area contributed by atoms with Crippen molar-refractivity contribution in [3.8, 4) is 5.69 Å². The number of benzene rings is 1. The van der Waals surface area contributed by atoms with Crippen molar-refractivity contribution in [2.45, 2.75) is 6.10 Å². The van der Waals surface area contributed by atoms with Crippen molar-refractivity contribution >= 4 is 11.6 Å². The number of nitrogens with zero attached hydrogens (tertiary/aromatic N) is 4. The summed E-state index contributed by atoms with van der Waals surface area (Å²) in [6.07, 6.45) is 1.07. The van der Waals surface area contributed by atoms with Gasteiger partial charge in [0.15, 0.2) is 0 Å². The van der Waals surface area contributed by atoms with Gasteiger partial charge in [-0.1, -0.05) is 0 Å². The van der Waals surface area contributed by atoms with Gasteiger partial charge in [-0.25, -0.2) is 4.68 Å². The normalized spacial score (nSPS) is 18.7. The molecule has 0 spiro atoms. The molecule has 0 radical (unpaired) electrons. The molecule has 104 valence electrons. The maximum absolute atomic E-state index is 12.0. The predicted molar refractivity (Wildman–Crippen MR) is 70.4 cm³/mol. The first-order valence-electron chi connectivity index (χ1n) is 6.29. The van der Waals surface area contributed by atoms with Gasteiger partial charge in [0.25, 0.3) is 5.91 Å². The standard InChI is InChI=1S/C12H14N6O2/c19-12(11-7-13-5-6-20-11)15-9-1-3-10(4-2-9)18-8-14-16-17-18/h1-4,8,11,13H,5-7H2,(H,15,19). The first kappa shape index (κ1) is 12.7. The van der Waals surface area contributed by atoms with Crippen LogP contribution in [0.2, 0.25) is 0 Å². The molecule has 2 heterocycles. The van der Waals surface area contributed by atoms with Crippen LogP contribution in [0.3, 0.4) is 0 Å². The van der Waals surface area contributed by atoms with Crippen molar-refractivity contribution in [3.05, 3.63) is 30.6 Å². The van der Waals surface area contributed by atoms with E-state index in [1.807, 2.05) is 12.1 Å². The van der Waals surface area contributed by atoms with Gasteiger partial charge in [0.1, 0.15) is 12.4 Å². The number of amides is 1. The second-order valence-electron chi connectivity index (χ2n) is 4.35. The zero-order valence-corrected chi connectivity index (χ0v) is 10.7. The average Bonchev–Trinajstić information content (AvgIpc) is 3.03. The molecular formula is C12H14N6O2. The second kappa shape index (κ2) is 5.76. The molecule has 0 saturated carbocycles. The minimum atomic E-state index is -0.442. The molecule has 1 aromatic carbocycles. The SMILES string of the molecule is O=C(Nc1ccc(-n2cnnn2)cc1)C1CNCCO1. The molecular weight excluding hydrogens is 260 g/mol. The number of nitrogens with one attached hydrogen (secondary N) is 2. The van der Waals surface area contributed by atoms with E-state index < -0.39 is 6.10 Å². The van der Waals surface area contributed by atoms with Crippen LogP contribution in [0.4, 0.5) is 5.69 Å². The minimum Gasteiger partial charge on any atom is -0.366 e. The highest BCUT2D eigenvalue weighted by molar-refractivity contribution is 5.94. The van der Waals surface area contributed by atoms with E-state index in [1.165, 1.54) is 6.33 Å². The van der Waals surface area contributed by atoms with Crippen LogP contribution in [0.15, 0.2) is 30.6 Å². The molecule has 0 bridgehead atoms. The Labute approximate surface area is 115 Å². The zero-order valence-electron chi connectivity index (χ0n) is 10.7. The zero-order chi connectivity index (χ0) is 13.8. The van der Waals surface area contributed by atoms with Gasteiger partial charge in [0, 0.05) is 18.8 Å². The van der Waals surface area contributed by atoms with E-state index in [1.54, 1.807) is 16.8 Å². The lowest BCUT2D eigenvalue weighted by Crippen LogP contribution is -2.45. The van der Waals surface area contributed by atoms with Crippen molar-refractivity contribution < 1.29 is 9.53 Å². The third kappa shape index (κ3) is 2.81. The Morgan fingerprint density at radius 3 is 2.90 bits per heavy atom. The summed E-state index contributed by atoms with van der Waals surface area (Å²) >= 11 is 0. The van der Waals surface area contributed by atoms with Crippen molar-refractivity contribution in [3.63, 3.8) is 0 Å². The van der Waals surface area contributed by atoms with E-state index in [2.05, 4.69) is 26.2 Å². The average molecular weight is 274 g/mol. The van der Waals surface area contributed by atoms with Crippen LogP contribution in [0.25, 0.3) is 5.69 Å². The van der Waals surface area contributed by atoms with E-state index in [0.29, 0.717) is 18.8 Å². The van der Waals surface area contributed by atoms with E-state index in [-0.39, 0.29) is 5.91 Å². The monoisotopic (exact) mass is 274 g/mol. The van der Waals surface area contributed by atoms with Crippen molar-refractivity contribution in [1.29, 1.82) is 0 Å². The lowest BCUT2D eigenvalue weighted by atomic mass is 10.2. The Hall–Kier alpha value is -2.32. The lowest BCUT2D eigenvalue weighted by Gasteiger charge is -2.22. The third-order valence-corrected chi connectivity index (χ3v) is 2.97. The van der Waals surface area contributed by atoms with Crippen LogP contribution in [-0.2, 0) is 9.53 Å². The summed E-state index contributed by atoms with van der Waals surface area (Å²) in [7, 11) is 0. The molecule has 1 aromatic heterocycles. The van der Waals surface area contributed by atoms with E-state index in [0.717, 1.165) is 12.2 Å². The number of carbonyl (C=O) groups excluding carboxylic acids is 1. The molecule has 8 heteroatoms. The van der Waals surface area contributed by atoms with Crippen molar-refractivity contribution in [2.24, 2.45) is 0 Å². The number of tetrazole rings is 1. The summed E-state index contributed by atoms with van der Waals surface area (Å²) in [5.74, 6) is -0.146. The maximum Gasteiger partial charge on any atom is 0.254 e. The number of ether oxygens (including phenoxy) is 1. The van der Waals surface area contributed by atoms with Gasteiger partial charge in [-0.2, -0.15) is 0 Å². The molecule has 1 saturated heterocycles. The number of aromatic nitrogens is 4. The molecule has 3 rings (SSSR count). The molecule has 2 aromatic rings. The quantitative estimate of drug-likeness (QED) is 0.790. The van der Waals surface area contributed by atoms with Gasteiger partial charge in [0.05, 0.1) is 12.3 Å². The van der Waals surface area contributed by atoms with Gasteiger partial charge in [0.2, 0.25) is 0 Å². The van der Waals surface area contributed by atoms with E-state index >= 15 is 0 Å². The first-order valence-corrected chi connectivity index (χ1v) is 6.29. The van der Waals surface area contributed by atoms with Gasteiger partial charge in [-0.05, 0) is 34.7 Å². The molecule has 0 aliphatic carbocycles. The molecule has 1 amide bonds. The summed E-state index contributed by atoms with van der Waals surface area (Å²) in [4.78, 5) is 12.0. The highest BCUT2D eigenvalue weighted by Gasteiger charge is 2.21. The number of carbonyl (C=O) groups is 1. The Morgan fingerprint density at radius 1 is 1.40 bits per heavy atom. The summed E-state index contributed by atoms with van der Waals surface area (Å²) in [5, 5.41) is 16.9. The number of hydrogen-bond acceptors (Lipinski definition) is 6. The van der Waals surface area contributed by atoms with Crippen molar-refractivity contribution in [1.82, 2.24) is 25.5 Å². The highest BCUT2D eigenvalue weighted by atomic mass is 16.5. The maximum atomic E-state index is 12.0. The van der Waals surface area contributed by atoms with Gasteiger partial charge >= 0.3 is 0 Å². The fourth-order valence-electron chi connectivity index (χ4n) is 1.93. The molecule has 1 atom stereocenters. The second-order valence-corrected chi connectivity index (χ2v) is 4.35. The molecule has 8 nitrogen and oxygen atoms in total. The number of morpholine rings is 1. The molecule has 1 fully saturated rings. The summed E-state index contributed by atoms with van der Waals surface area (Å²) < 4.78 is 6.93. The van der Waals surface area contributed by atoms with E-state index in [9.17, 15) is 4.79 Å². The fourth-order valence-corrected chi connectivity index (χ4v) is 1.93. The molecule has 1 aliphatic heterocycles. The predicted octanol–water partition coefficient (Wildman–Crippen LogP) is -0.411. The van der Waals surface area contributed by atoms with Gasteiger partial charge in [-0.15, -0.1) is 5.10 Å². The number of hydrogen-bond donors (Lipinski definition) is 2. The Bertz CT molecular complexity index is 562. The smallest absolute Gasteiger partial charge is 0.254 e. The highest BCUT2D eigenvalue weighted by Crippen LogP contribution is 2.12.